The molecule has 0 aliphatic heterocycles. The number of amides is 1. The number of rotatable bonds is 7. The normalized spacial score (nSPS) is 10.4. The van der Waals surface area contributed by atoms with E-state index in [9.17, 15) is 14.9 Å². The first kappa shape index (κ1) is 18.0. The summed E-state index contributed by atoms with van der Waals surface area (Å²) in [7, 11) is 1.44. The van der Waals surface area contributed by atoms with Gasteiger partial charge in [-0.05, 0) is 17.7 Å². The Kier molecular flexibility index (Phi) is 6.53. The van der Waals surface area contributed by atoms with Gasteiger partial charge in [-0.3, -0.25) is 10.1 Å². The number of carbonyl (C=O) groups excluding carboxylic acids is 1. The first-order valence-electron chi connectivity index (χ1n) is 7.54. The molecule has 1 N–H and O–H groups in total. The summed E-state index contributed by atoms with van der Waals surface area (Å²) in [5, 5.41) is 13.6. The number of nitrogens with one attached hydrogen (secondary N) is 1. The molecule has 0 saturated carbocycles. The second-order valence-electron chi connectivity index (χ2n) is 5.00. The quantitative estimate of drug-likeness (QED) is 0.614. The number of benzene rings is 2. The summed E-state index contributed by atoms with van der Waals surface area (Å²) >= 11 is 0. The highest BCUT2D eigenvalue weighted by molar-refractivity contribution is 5.69. The van der Waals surface area contributed by atoms with Crippen molar-refractivity contribution < 1.29 is 19.2 Å². The molecule has 7 nitrogen and oxygen atoms in total. The standard InChI is InChI=1S/C18H18N2O5/c1-24-17-11-5-10-16(20(22)23)15(17)9-6-12-19-18(21)25-13-14-7-3-2-4-8-14/h2-11H,12-13H2,1H3,(H,19,21). The van der Waals surface area contributed by atoms with Crippen molar-refractivity contribution in [3.63, 3.8) is 0 Å². The van der Waals surface area contributed by atoms with Crippen LogP contribution >= 0.6 is 0 Å². The molecule has 0 saturated heterocycles. The Balaban J connectivity index is 1.89. The maximum absolute atomic E-state index is 11.6. The highest BCUT2D eigenvalue weighted by Gasteiger charge is 2.15. The van der Waals surface area contributed by atoms with Gasteiger partial charge in [0.25, 0.3) is 5.69 Å². The van der Waals surface area contributed by atoms with Crippen molar-refractivity contribution in [2.24, 2.45) is 0 Å². The molecule has 0 aromatic heterocycles. The summed E-state index contributed by atoms with van der Waals surface area (Å²) in [6.45, 7) is 0.344. The molecule has 0 aliphatic carbocycles. The van der Waals surface area contributed by atoms with Crippen LogP contribution in [0, 0.1) is 10.1 Å². The molecular weight excluding hydrogens is 324 g/mol. The minimum atomic E-state index is -0.567. The number of hydrogen-bond acceptors (Lipinski definition) is 5. The van der Waals surface area contributed by atoms with Crippen LogP contribution in [0.2, 0.25) is 0 Å². The van der Waals surface area contributed by atoms with Crippen LogP contribution in [0.5, 0.6) is 5.75 Å². The van der Waals surface area contributed by atoms with E-state index in [1.165, 1.54) is 19.3 Å². The highest BCUT2D eigenvalue weighted by Crippen LogP contribution is 2.29. The molecule has 1 amide bonds. The minimum absolute atomic E-state index is 0.0674. The predicted molar refractivity (Wildman–Crippen MR) is 93.3 cm³/mol. The number of nitro benzene ring substituents is 1. The van der Waals surface area contributed by atoms with Crippen LogP contribution in [-0.2, 0) is 11.3 Å². The first-order valence-corrected chi connectivity index (χ1v) is 7.54. The smallest absolute Gasteiger partial charge is 0.407 e. The van der Waals surface area contributed by atoms with Crippen LogP contribution < -0.4 is 10.1 Å². The fourth-order valence-electron chi connectivity index (χ4n) is 2.13. The van der Waals surface area contributed by atoms with Crippen molar-refractivity contribution >= 4 is 17.9 Å². The van der Waals surface area contributed by atoms with Crippen LogP contribution in [0.25, 0.3) is 6.08 Å². The Morgan fingerprint density at radius 1 is 1.20 bits per heavy atom. The van der Waals surface area contributed by atoms with E-state index in [0.29, 0.717) is 11.3 Å². The van der Waals surface area contributed by atoms with Gasteiger partial charge in [0.05, 0.1) is 17.6 Å². The van der Waals surface area contributed by atoms with Gasteiger partial charge in [0.1, 0.15) is 12.4 Å². The lowest BCUT2D eigenvalue weighted by Gasteiger charge is -2.06. The summed E-state index contributed by atoms with van der Waals surface area (Å²) < 4.78 is 10.2. The van der Waals surface area contributed by atoms with Crippen molar-refractivity contribution in [1.29, 1.82) is 0 Å². The Morgan fingerprint density at radius 3 is 2.64 bits per heavy atom. The molecule has 2 aromatic rings. The van der Waals surface area contributed by atoms with Gasteiger partial charge in [-0.25, -0.2) is 4.79 Å². The Bertz CT molecular complexity index is 759. The van der Waals surface area contributed by atoms with E-state index in [1.54, 1.807) is 18.2 Å². The monoisotopic (exact) mass is 342 g/mol. The summed E-state index contributed by atoms with van der Waals surface area (Å²) in [4.78, 5) is 22.2. The predicted octanol–water partition coefficient (Wildman–Crippen LogP) is 3.54. The fourth-order valence-corrected chi connectivity index (χ4v) is 2.13. The zero-order valence-corrected chi connectivity index (χ0v) is 13.7. The molecule has 25 heavy (non-hydrogen) atoms. The van der Waals surface area contributed by atoms with Crippen LogP contribution in [0.3, 0.4) is 0 Å². The summed E-state index contributed by atoms with van der Waals surface area (Å²) in [6, 6.07) is 13.9. The molecular formula is C18H18N2O5. The molecule has 0 atom stereocenters. The largest absolute Gasteiger partial charge is 0.496 e. The second kappa shape index (κ2) is 9.07. The van der Waals surface area contributed by atoms with E-state index in [2.05, 4.69) is 5.32 Å². The molecule has 130 valence electrons. The summed E-state index contributed by atoms with van der Waals surface area (Å²) in [5.74, 6) is 0.386. The third-order valence-corrected chi connectivity index (χ3v) is 3.32. The Labute approximate surface area is 145 Å². The van der Waals surface area contributed by atoms with Gasteiger partial charge in [-0.2, -0.15) is 0 Å². The number of carbonyl (C=O) groups is 1. The first-order chi connectivity index (χ1) is 12.1. The molecule has 0 spiro atoms. The van der Waals surface area contributed by atoms with Crippen molar-refractivity contribution in [2.75, 3.05) is 13.7 Å². The molecule has 0 heterocycles. The van der Waals surface area contributed by atoms with E-state index >= 15 is 0 Å². The molecule has 0 bridgehead atoms. The summed E-state index contributed by atoms with van der Waals surface area (Å²) in [6.07, 6.45) is 2.56. The maximum Gasteiger partial charge on any atom is 0.407 e. The number of nitrogens with zero attached hydrogens (tertiary/aromatic N) is 1. The van der Waals surface area contributed by atoms with E-state index in [0.717, 1.165) is 5.56 Å². The van der Waals surface area contributed by atoms with Crippen molar-refractivity contribution in [3.8, 4) is 5.75 Å². The number of methoxy groups -OCH3 is 1. The van der Waals surface area contributed by atoms with Gasteiger partial charge in [0.15, 0.2) is 0 Å². The minimum Gasteiger partial charge on any atom is -0.496 e. The summed E-state index contributed by atoms with van der Waals surface area (Å²) in [5.41, 5.74) is 1.16. The third kappa shape index (κ3) is 5.35. The highest BCUT2D eigenvalue weighted by atomic mass is 16.6. The van der Waals surface area contributed by atoms with Gasteiger partial charge >= 0.3 is 6.09 Å². The number of hydrogen-bond donors (Lipinski definition) is 1. The zero-order valence-electron chi connectivity index (χ0n) is 13.7. The lowest BCUT2D eigenvalue weighted by atomic mass is 10.1. The average molecular weight is 342 g/mol. The molecule has 0 radical (unpaired) electrons. The van der Waals surface area contributed by atoms with Gasteiger partial charge in [-0.1, -0.05) is 42.5 Å². The number of nitro groups is 1. The third-order valence-electron chi connectivity index (χ3n) is 3.32. The zero-order chi connectivity index (χ0) is 18.1. The van der Waals surface area contributed by atoms with Gasteiger partial charge in [0, 0.05) is 12.6 Å². The molecule has 7 heteroatoms. The van der Waals surface area contributed by atoms with Crippen LogP contribution in [-0.4, -0.2) is 24.7 Å². The van der Waals surface area contributed by atoms with Gasteiger partial charge < -0.3 is 14.8 Å². The van der Waals surface area contributed by atoms with Crippen LogP contribution in [0.15, 0.2) is 54.6 Å². The van der Waals surface area contributed by atoms with Crippen LogP contribution in [0.4, 0.5) is 10.5 Å². The molecule has 2 rings (SSSR count). The lowest BCUT2D eigenvalue weighted by Crippen LogP contribution is -2.24. The molecule has 0 unspecified atom stereocenters. The average Bonchev–Trinajstić information content (AvgIpc) is 2.64. The van der Waals surface area contributed by atoms with Crippen molar-refractivity contribution in [1.82, 2.24) is 5.32 Å². The van der Waals surface area contributed by atoms with Crippen molar-refractivity contribution in [3.05, 3.63) is 75.8 Å². The Morgan fingerprint density at radius 2 is 1.96 bits per heavy atom. The maximum atomic E-state index is 11.6. The number of alkyl carbamates (subject to hydrolysis) is 1. The Hall–Kier alpha value is -3.35. The van der Waals surface area contributed by atoms with Crippen LogP contribution in [0.1, 0.15) is 11.1 Å². The number of ether oxygens (including phenoxy) is 2. The van der Waals surface area contributed by atoms with E-state index in [-0.39, 0.29) is 18.8 Å². The van der Waals surface area contributed by atoms with E-state index in [1.807, 2.05) is 30.3 Å². The molecule has 2 aromatic carbocycles. The van der Waals surface area contributed by atoms with Gasteiger partial charge in [-0.15, -0.1) is 0 Å². The lowest BCUT2D eigenvalue weighted by molar-refractivity contribution is -0.385. The van der Waals surface area contributed by atoms with E-state index in [4.69, 9.17) is 9.47 Å². The van der Waals surface area contributed by atoms with Gasteiger partial charge in [0.2, 0.25) is 0 Å². The molecule has 0 fully saturated rings. The topological polar surface area (TPSA) is 90.7 Å². The second-order valence-corrected chi connectivity index (χ2v) is 5.00. The molecule has 0 aliphatic rings. The SMILES string of the molecule is COc1cccc([N+](=O)[O-])c1C=CCNC(=O)OCc1ccccc1. The van der Waals surface area contributed by atoms with Crippen molar-refractivity contribution in [2.45, 2.75) is 6.61 Å². The fraction of sp³-hybridized carbons (Fsp3) is 0.167. The van der Waals surface area contributed by atoms with E-state index < -0.39 is 11.0 Å².